The van der Waals surface area contributed by atoms with Crippen molar-refractivity contribution in [1.29, 1.82) is 0 Å². The van der Waals surface area contributed by atoms with E-state index in [2.05, 4.69) is 17.1 Å². The zero-order valence-electron chi connectivity index (χ0n) is 18.8. The average Bonchev–Trinajstić information content (AvgIpc) is 2.80. The lowest BCUT2D eigenvalue weighted by atomic mass is 9.82. The minimum atomic E-state index is -0.963. The third-order valence-corrected chi connectivity index (χ3v) is 7.45. The van der Waals surface area contributed by atoms with Gasteiger partial charge >= 0.3 is 0 Å². The summed E-state index contributed by atoms with van der Waals surface area (Å²) < 4.78 is 28.5. The zero-order valence-corrected chi connectivity index (χ0v) is 18.8. The second-order valence-electron chi connectivity index (χ2n) is 9.52. The molecule has 2 N–H and O–H groups in total. The fraction of sp³-hybridized carbons (Fsp3) is 0.458. The topological polar surface area (TPSA) is 94.9 Å². The summed E-state index contributed by atoms with van der Waals surface area (Å²) in [4.78, 5) is 42.8. The number of benzene rings is 1. The van der Waals surface area contributed by atoms with Crippen molar-refractivity contribution in [2.75, 3.05) is 13.1 Å². The van der Waals surface area contributed by atoms with Gasteiger partial charge in [-0.15, -0.1) is 0 Å². The number of rotatable bonds is 3. The monoisotopic (exact) mass is 472 g/mol. The van der Waals surface area contributed by atoms with Crippen molar-refractivity contribution < 1.29 is 23.5 Å². The number of aromatic nitrogens is 1. The summed E-state index contributed by atoms with van der Waals surface area (Å²) in [6.45, 7) is 3.64. The molecule has 1 aromatic heterocycles. The van der Waals surface area contributed by atoms with Crippen LogP contribution in [-0.4, -0.2) is 56.1 Å². The van der Waals surface area contributed by atoms with E-state index >= 15 is 0 Å². The SMILES string of the molecule is C[C@@]12CCCCN1[C@@H]1Cn3cc(C(=O)NCc4ccc(F)cc4F)c(=O)c(O)c3C(=O)N1CC2. The van der Waals surface area contributed by atoms with Crippen molar-refractivity contribution in [3.05, 3.63) is 63.1 Å². The number of fused-ring (bicyclic) bond motifs is 4. The molecule has 2 amide bonds. The maximum absolute atomic E-state index is 13.9. The van der Waals surface area contributed by atoms with Crippen molar-refractivity contribution in [1.82, 2.24) is 19.7 Å². The van der Waals surface area contributed by atoms with Crippen molar-refractivity contribution in [3.8, 4) is 5.75 Å². The molecule has 10 heteroatoms. The lowest BCUT2D eigenvalue weighted by Crippen LogP contribution is -2.68. The van der Waals surface area contributed by atoms with E-state index in [9.17, 15) is 28.3 Å². The van der Waals surface area contributed by atoms with E-state index in [0.29, 0.717) is 19.2 Å². The second-order valence-corrected chi connectivity index (χ2v) is 9.52. The number of nitrogens with zero attached hydrogens (tertiary/aromatic N) is 3. The van der Waals surface area contributed by atoms with Gasteiger partial charge in [-0.3, -0.25) is 19.3 Å². The number of hydrogen-bond donors (Lipinski definition) is 2. The Labute approximate surface area is 194 Å². The number of piperidine rings is 1. The third kappa shape index (κ3) is 3.56. The number of hydrogen-bond acceptors (Lipinski definition) is 5. The lowest BCUT2D eigenvalue weighted by Gasteiger charge is -2.57. The molecule has 0 bridgehead atoms. The first-order valence-corrected chi connectivity index (χ1v) is 11.5. The van der Waals surface area contributed by atoms with E-state index in [4.69, 9.17) is 0 Å². The molecule has 5 rings (SSSR count). The highest BCUT2D eigenvalue weighted by atomic mass is 19.1. The van der Waals surface area contributed by atoms with E-state index in [1.165, 1.54) is 16.8 Å². The van der Waals surface area contributed by atoms with Gasteiger partial charge in [-0.25, -0.2) is 8.78 Å². The summed E-state index contributed by atoms with van der Waals surface area (Å²) >= 11 is 0. The Morgan fingerprint density at radius 3 is 2.76 bits per heavy atom. The van der Waals surface area contributed by atoms with Gasteiger partial charge in [0.2, 0.25) is 5.43 Å². The van der Waals surface area contributed by atoms with Gasteiger partial charge in [-0.2, -0.15) is 0 Å². The highest BCUT2D eigenvalue weighted by Gasteiger charge is 2.49. The van der Waals surface area contributed by atoms with Gasteiger partial charge in [-0.05, 0) is 32.3 Å². The van der Waals surface area contributed by atoms with Crippen LogP contribution in [0.4, 0.5) is 8.78 Å². The van der Waals surface area contributed by atoms with Crippen molar-refractivity contribution in [2.24, 2.45) is 0 Å². The minimum absolute atomic E-state index is 0.0162. The molecule has 2 atom stereocenters. The Kier molecular flexibility index (Phi) is 5.43. The Bertz CT molecular complexity index is 1250. The van der Waals surface area contributed by atoms with Crippen molar-refractivity contribution >= 4 is 11.8 Å². The molecule has 0 spiro atoms. The van der Waals surface area contributed by atoms with E-state index in [-0.39, 0.29) is 35.1 Å². The first-order chi connectivity index (χ1) is 16.2. The zero-order chi connectivity index (χ0) is 24.2. The fourth-order valence-electron chi connectivity index (χ4n) is 5.52. The minimum Gasteiger partial charge on any atom is -0.503 e. The molecule has 2 saturated heterocycles. The Morgan fingerprint density at radius 1 is 1.21 bits per heavy atom. The second kappa shape index (κ2) is 8.19. The number of nitrogens with one attached hydrogen (secondary N) is 1. The first kappa shape index (κ1) is 22.5. The predicted molar refractivity (Wildman–Crippen MR) is 118 cm³/mol. The van der Waals surface area contributed by atoms with Gasteiger partial charge in [0.25, 0.3) is 11.8 Å². The van der Waals surface area contributed by atoms with Crippen molar-refractivity contribution in [2.45, 2.75) is 57.4 Å². The van der Waals surface area contributed by atoms with E-state index in [0.717, 1.165) is 38.3 Å². The highest BCUT2D eigenvalue weighted by Crippen LogP contribution is 2.40. The van der Waals surface area contributed by atoms with Crippen LogP contribution in [0, 0.1) is 11.6 Å². The Balaban J connectivity index is 1.45. The summed E-state index contributed by atoms with van der Waals surface area (Å²) in [6, 6.07) is 2.98. The Morgan fingerprint density at radius 2 is 2.00 bits per heavy atom. The summed E-state index contributed by atoms with van der Waals surface area (Å²) in [7, 11) is 0. The average molecular weight is 472 g/mol. The largest absolute Gasteiger partial charge is 0.503 e. The van der Waals surface area contributed by atoms with Crippen LogP contribution in [0.1, 0.15) is 59.0 Å². The fourth-order valence-corrected chi connectivity index (χ4v) is 5.52. The maximum Gasteiger partial charge on any atom is 0.275 e. The standard InChI is InChI=1S/C24H26F2N4O4/c1-24-6-2-3-8-30(24)18-13-28-12-16(20(31)21(32)19(28)23(34)29(18)9-7-24)22(33)27-11-14-4-5-15(25)10-17(14)26/h4-5,10,12,18,32H,2-3,6-9,11,13H2,1H3,(H,27,33)/t18-,24+/m1/s1. The van der Waals surface area contributed by atoms with Crippen LogP contribution in [0.25, 0.3) is 0 Å². The number of aromatic hydroxyl groups is 1. The molecule has 2 aromatic rings. The van der Waals surface area contributed by atoms with Crippen LogP contribution in [0.3, 0.4) is 0 Å². The van der Waals surface area contributed by atoms with Crippen LogP contribution >= 0.6 is 0 Å². The van der Waals surface area contributed by atoms with Gasteiger partial charge in [0, 0.05) is 43.0 Å². The number of carbonyl (C=O) groups is 2. The molecule has 180 valence electrons. The van der Waals surface area contributed by atoms with Crippen LogP contribution in [0.2, 0.25) is 0 Å². The lowest BCUT2D eigenvalue weighted by molar-refractivity contribution is -0.0943. The normalized spacial score (nSPS) is 24.3. The van der Waals surface area contributed by atoms with E-state index in [1.807, 2.05) is 0 Å². The molecule has 3 aliphatic rings. The molecular formula is C24H26F2N4O4. The molecule has 0 unspecified atom stereocenters. The number of carbonyl (C=O) groups excluding carboxylic acids is 2. The molecule has 1 aromatic carbocycles. The van der Waals surface area contributed by atoms with Crippen molar-refractivity contribution in [3.63, 3.8) is 0 Å². The van der Waals surface area contributed by atoms with Crippen LogP contribution in [0.15, 0.2) is 29.2 Å². The van der Waals surface area contributed by atoms with Gasteiger partial charge in [0.05, 0.1) is 6.54 Å². The molecule has 0 saturated carbocycles. The molecule has 0 aliphatic carbocycles. The summed E-state index contributed by atoms with van der Waals surface area (Å²) in [5.74, 6) is -3.58. The molecule has 34 heavy (non-hydrogen) atoms. The summed E-state index contributed by atoms with van der Waals surface area (Å²) in [5.41, 5.74) is -1.40. The predicted octanol–water partition coefficient (Wildman–Crippen LogP) is 2.19. The molecular weight excluding hydrogens is 446 g/mol. The molecule has 3 aliphatic heterocycles. The van der Waals surface area contributed by atoms with Gasteiger partial charge in [0.15, 0.2) is 11.4 Å². The highest BCUT2D eigenvalue weighted by molar-refractivity contribution is 5.99. The summed E-state index contributed by atoms with van der Waals surface area (Å²) in [5, 5.41) is 13.0. The Hall–Kier alpha value is -3.27. The van der Waals surface area contributed by atoms with Gasteiger partial charge in [-0.1, -0.05) is 12.5 Å². The molecule has 0 radical (unpaired) electrons. The quantitative estimate of drug-likeness (QED) is 0.714. The maximum atomic E-state index is 13.9. The first-order valence-electron chi connectivity index (χ1n) is 11.5. The molecule has 2 fully saturated rings. The number of halogens is 2. The number of amides is 2. The third-order valence-electron chi connectivity index (χ3n) is 7.45. The van der Waals surface area contributed by atoms with E-state index < -0.39 is 34.6 Å². The molecule has 8 nitrogen and oxygen atoms in total. The van der Waals surface area contributed by atoms with Crippen LogP contribution < -0.4 is 10.7 Å². The van der Waals surface area contributed by atoms with Gasteiger partial charge < -0.3 is 19.9 Å². The van der Waals surface area contributed by atoms with Crippen LogP contribution in [0.5, 0.6) is 5.75 Å². The van der Waals surface area contributed by atoms with Crippen LogP contribution in [-0.2, 0) is 13.1 Å². The number of pyridine rings is 1. The van der Waals surface area contributed by atoms with E-state index in [1.54, 1.807) is 4.90 Å². The van der Waals surface area contributed by atoms with Gasteiger partial charge in [0.1, 0.15) is 23.4 Å². The smallest absolute Gasteiger partial charge is 0.275 e. The molecule has 4 heterocycles. The summed E-state index contributed by atoms with van der Waals surface area (Å²) in [6.07, 6.45) is 5.09.